The van der Waals surface area contributed by atoms with Crippen molar-refractivity contribution in [3.63, 3.8) is 0 Å². The maximum atomic E-state index is 12.4. The van der Waals surface area contributed by atoms with Gasteiger partial charge in [-0.15, -0.1) is 0 Å². The van der Waals surface area contributed by atoms with Crippen LogP contribution in [0.4, 0.5) is 5.69 Å². The van der Waals surface area contributed by atoms with Crippen LogP contribution in [-0.4, -0.2) is 55.0 Å². The van der Waals surface area contributed by atoms with Crippen LogP contribution in [0.2, 0.25) is 0 Å². The van der Waals surface area contributed by atoms with Gasteiger partial charge in [-0.1, -0.05) is 0 Å². The van der Waals surface area contributed by atoms with Crippen LogP contribution in [0, 0.1) is 6.92 Å². The Morgan fingerprint density at radius 2 is 2.16 bits per heavy atom. The maximum absolute atomic E-state index is 12.4. The third-order valence-electron chi connectivity index (χ3n) is 4.34. The molecule has 134 valence electrons. The number of anilines is 1. The molecule has 1 aromatic carbocycles. The average Bonchev–Trinajstić information content (AvgIpc) is 3.07. The van der Waals surface area contributed by atoms with Gasteiger partial charge in [0.05, 0.1) is 19.3 Å². The summed E-state index contributed by atoms with van der Waals surface area (Å²) in [6, 6.07) is 9.68. The summed E-state index contributed by atoms with van der Waals surface area (Å²) in [6.07, 6.45) is 1.92. The lowest BCUT2D eigenvalue weighted by Crippen LogP contribution is -2.57. The van der Waals surface area contributed by atoms with Crippen LogP contribution in [0.3, 0.4) is 0 Å². The fourth-order valence-corrected chi connectivity index (χ4v) is 2.96. The first-order valence-electron chi connectivity index (χ1n) is 8.56. The highest BCUT2D eigenvalue weighted by Gasteiger charge is 2.25. The summed E-state index contributed by atoms with van der Waals surface area (Å²) in [4.78, 5) is 14.6. The molecule has 25 heavy (non-hydrogen) atoms. The van der Waals surface area contributed by atoms with Gasteiger partial charge in [0.25, 0.3) is 0 Å². The Morgan fingerprint density at radius 1 is 1.36 bits per heavy atom. The number of carbonyl (C=O) groups excluding carboxylic acids is 1. The van der Waals surface area contributed by atoms with Crippen LogP contribution in [-0.2, 0) is 11.3 Å². The van der Waals surface area contributed by atoms with Crippen LogP contribution < -0.4 is 20.3 Å². The van der Waals surface area contributed by atoms with Gasteiger partial charge in [-0.05, 0) is 37.3 Å². The van der Waals surface area contributed by atoms with Crippen molar-refractivity contribution >= 4 is 11.6 Å². The highest BCUT2D eigenvalue weighted by molar-refractivity contribution is 5.82. The minimum absolute atomic E-state index is 0.0297. The summed E-state index contributed by atoms with van der Waals surface area (Å²) < 4.78 is 7.04. The average molecular weight is 343 g/mol. The molecular weight excluding hydrogens is 318 g/mol. The van der Waals surface area contributed by atoms with Crippen molar-refractivity contribution in [3.05, 3.63) is 42.2 Å². The molecule has 1 aliphatic rings. The van der Waals surface area contributed by atoms with Crippen LogP contribution in [0.25, 0.3) is 0 Å². The number of hydrogen-bond donors (Lipinski definition) is 2. The molecule has 1 fully saturated rings. The lowest BCUT2D eigenvalue weighted by Gasteiger charge is -2.34. The number of nitrogens with zero attached hydrogens (tertiary/aromatic N) is 3. The van der Waals surface area contributed by atoms with Crippen molar-refractivity contribution in [2.24, 2.45) is 0 Å². The smallest absolute Gasteiger partial charge is 0.239 e. The number of piperazine rings is 1. The number of benzene rings is 1. The Labute approximate surface area is 148 Å². The molecule has 2 aromatic rings. The molecule has 1 aliphatic heterocycles. The summed E-state index contributed by atoms with van der Waals surface area (Å²) in [5.74, 6) is 0.865. The minimum atomic E-state index is -0.213. The number of methoxy groups -OCH3 is 1. The van der Waals surface area contributed by atoms with Crippen molar-refractivity contribution in [1.82, 2.24) is 20.4 Å². The maximum Gasteiger partial charge on any atom is 0.239 e. The van der Waals surface area contributed by atoms with E-state index in [2.05, 4.69) is 20.6 Å². The van der Waals surface area contributed by atoms with Crippen molar-refractivity contribution in [2.45, 2.75) is 19.5 Å². The van der Waals surface area contributed by atoms with Gasteiger partial charge in [-0.3, -0.25) is 9.48 Å². The van der Waals surface area contributed by atoms with Crippen LogP contribution in [0.1, 0.15) is 5.69 Å². The third-order valence-corrected chi connectivity index (χ3v) is 4.34. The van der Waals surface area contributed by atoms with Crippen molar-refractivity contribution < 1.29 is 9.53 Å². The molecule has 3 rings (SSSR count). The molecule has 1 saturated heterocycles. The van der Waals surface area contributed by atoms with E-state index >= 15 is 0 Å². The van der Waals surface area contributed by atoms with E-state index in [1.807, 2.05) is 48.1 Å². The Hall–Kier alpha value is -2.54. The first-order chi connectivity index (χ1) is 12.2. The van der Waals surface area contributed by atoms with Gasteiger partial charge >= 0.3 is 0 Å². The van der Waals surface area contributed by atoms with Gasteiger partial charge in [0.2, 0.25) is 5.91 Å². The lowest BCUT2D eigenvalue weighted by molar-refractivity contribution is -0.123. The Bertz CT molecular complexity index is 698. The number of carbonyl (C=O) groups is 1. The molecule has 2 N–H and O–H groups in total. The first-order valence-corrected chi connectivity index (χ1v) is 8.56. The van der Waals surface area contributed by atoms with Gasteiger partial charge in [0.15, 0.2) is 0 Å². The number of hydrogen-bond acceptors (Lipinski definition) is 5. The van der Waals surface area contributed by atoms with Gasteiger partial charge in [-0.25, -0.2) is 0 Å². The Balaban J connectivity index is 1.50. The molecule has 2 heterocycles. The zero-order valence-electron chi connectivity index (χ0n) is 14.7. The fraction of sp³-hybridized carbons (Fsp3) is 0.444. The molecule has 1 atom stereocenters. The molecule has 7 heteroatoms. The van der Waals surface area contributed by atoms with Crippen LogP contribution in [0.5, 0.6) is 5.75 Å². The number of amides is 1. The molecule has 0 spiro atoms. The molecular formula is C18H25N5O2. The van der Waals surface area contributed by atoms with E-state index in [1.165, 1.54) is 0 Å². The second kappa shape index (κ2) is 8.02. The third kappa shape index (κ3) is 4.51. The first kappa shape index (κ1) is 17.3. The standard InChI is InChI=1S/C18H25N5O2/c1-14-7-10-23(21-14)12-9-20-18(24)17-13-22(11-8-19-17)15-3-5-16(25-2)6-4-15/h3-7,10,17,19H,8-9,11-13H2,1-2H3,(H,20,24)/t17-/m0/s1. The van der Waals surface area contributed by atoms with E-state index in [1.54, 1.807) is 7.11 Å². The lowest BCUT2D eigenvalue weighted by atomic mass is 10.1. The zero-order chi connectivity index (χ0) is 17.6. The number of ether oxygens (including phenoxy) is 1. The van der Waals surface area contributed by atoms with E-state index in [0.717, 1.165) is 30.2 Å². The summed E-state index contributed by atoms with van der Waals surface area (Å²) in [6.45, 7) is 5.51. The molecule has 0 saturated carbocycles. The monoisotopic (exact) mass is 343 g/mol. The van der Waals surface area contributed by atoms with Gasteiger partial charge < -0.3 is 20.3 Å². The quantitative estimate of drug-likeness (QED) is 0.812. The Morgan fingerprint density at radius 3 is 2.84 bits per heavy atom. The normalized spacial score (nSPS) is 17.4. The van der Waals surface area contributed by atoms with Gasteiger partial charge in [0.1, 0.15) is 11.8 Å². The van der Waals surface area contributed by atoms with Gasteiger partial charge in [0, 0.05) is 38.1 Å². The van der Waals surface area contributed by atoms with E-state index in [0.29, 0.717) is 19.6 Å². The number of nitrogens with one attached hydrogen (secondary N) is 2. The van der Waals surface area contributed by atoms with Crippen molar-refractivity contribution in [3.8, 4) is 5.75 Å². The predicted molar refractivity (Wildman–Crippen MR) is 97.0 cm³/mol. The van der Waals surface area contributed by atoms with Crippen LogP contribution in [0.15, 0.2) is 36.5 Å². The summed E-state index contributed by atoms with van der Waals surface area (Å²) >= 11 is 0. The number of aromatic nitrogens is 2. The van der Waals surface area contributed by atoms with E-state index < -0.39 is 0 Å². The second-order valence-corrected chi connectivity index (χ2v) is 6.16. The van der Waals surface area contributed by atoms with E-state index in [9.17, 15) is 4.79 Å². The van der Waals surface area contributed by atoms with E-state index in [-0.39, 0.29) is 11.9 Å². The largest absolute Gasteiger partial charge is 0.497 e. The molecule has 0 radical (unpaired) electrons. The topological polar surface area (TPSA) is 71.4 Å². The van der Waals surface area contributed by atoms with Crippen molar-refractivity contribution in [1.29, 1.82) is 0 Å². The van der Waals surface area contributed by atoms with Crippen molar-refractivity contribution in [2.75, 3.05) is 38.2 Å². The number of rotatable bonds is 6. The van der Waals surface area contributed by atoms with E-state index in [4.69, 9.17) is 4.74 Å². The molecule has 7 nitrogen and oxygen atoms in total. The minimum Gasteiger partial charge on any atom is -0.497 e. The highest BCUT2D eigenvalue weighted by atomic mass is 16.5. The fourth-order valence-electron chi connectivity index (χ4n) is 2.96. The van der Waals surface area contributed by atoms with Crippen LogP contribution >= 0.6 is 0 Å². The number of aryl methyl sites for hydroxylation is 1. The molecule has 0 unspecified atom stereocenters. The highest BCUT2D eigenvalue weighted by Crippen LogP contribution is 2.20. The Kier molecular flexibility index (Phi) is 5.55. The summed E-state index contributed by atoms with van der Waals surface area (Å²) in [5, 5.41) is 10.6. The zero-order valence-corrected chi connectivity index (χ0v) is 14.7. The molecule has 0 bridgehead atoms. The second-order valence-electron chi connectivity index (χ2n) is 6.16. The summed E-state index contributed by atoms with van der Waals surface area (Å²) in [5.41, 5.74) is 2.09. The molecule has 0 aliphatic carbocycles. The predicted octanol–water partition coefficient (Wildman–Crippen LogP) is 0.795. The molecule has 1 amide bonds. The van der Waals surface area contributed by atoms with Gasteiger partial charge in [-0.2, -0.15) is 5.10 Å². The SMILES string of the molecule is COc1ccc(N2CCN[C@H](C(=O)NCCn3ccc(C)n3)C2)cc1. The summed E-state index contributed by atoms with van der Waals surface area (Å²) in [7, 11) is 1.66. The molecule has 1 aromatic heterocycles.